The van der Waals surface area contributed by atoms with Crippen LogP contribution in [0.1, 0.15) is 33.1 Å². The molecular formula is C12H22N4O2. The average Bonchev–Trinajstić information content (AvgIpc) is 2.88. The predicted molar refractivity (Wildman–Crippen MR) is 68.0 cm³/mol. The van der Waals surface area contributed by atoms with Gasteiger partial charge in [-0.2, -0.15) is 5.10 Å². The van der Waals surface area contributed by atoms with Gasteiger partial charge in [0.15, 0.2) is 0 Å². The van der Waals surface area contributed by atoms with Gasteiger partial charge in [0.25, 0.3) is 0 Å². The molecule has 1 rings (SSSR count). The summed E-state index contributed by atoms with van der Waals surface area (Å²) in [5.41, 5.74) is -0.620. The van der Waals surface area contributed by atoms with E-state index in [1.165, 1.54) is 13.4 Å². The molecule has 0 saturated carbocycles. The fourth-order valence-corrected chi connectivity index (χ4v) is 1.83. The van der Waals surface area contributed by atoms with Gasteiger partial charge < -0.3 is 10.1 Å². The molecule has 1 N–H and O–H groups in total. The molecule has 1 heterocycles. The van der Waals surface area contributed by atoms with Crippen molar-refractivity contribution in [3.05, 3.63) is 12.7 Å². The van der Waals surface area contributed by atoms with Gasteiger partial charge in [0, 0.05) is 6.54 Å². The lowest BCUT2D eigenvalue weighted by Crippen LogP contribution is -2.50. The Morgan fingerprint density at radius 2 is 2.33 bits per heavy atom. The van der Waals surface area contributed by atoms with E-state index in [1.807, 2.05) is 6.92 Å². The van der Waals surface area contributed by atoms with Crippen LogP contribution in [-0.2, 0) is 16.1 Å². The van der Waals surface area contributed by atoms with Crippen molar-refractivity contribution in [1.82, 2.24) is 20.1 Å². The summed E-state index contributed by atoms with van der Waals surface area (Å²) in [4.78, 5) is 15.7. The maximum absolute atomic E-state index is 11.8. The normalized spacial score (nSPS) is 14.2. The molecule has 18 heavy (non-hydrogen) atoms. The summed E-state index contributed by atoms with van der Waals surface area (Å²) in [6, 6.07) is 0. The maximum atomic E-state index is 11.8. The van der Waals surface area contributed by atoms with Crippen LogP contribution in [0, 0.1) is 0 Å². The zero-order valence-corrected chi connectivity index (χ0v) is 11.3. The number of hydrogen-bond acceptors (Lipinski definition) is 5. The van der Waals surface area contributed by atoms with Gasteiger partial charge in [0.2, 0.25) is 0 Å². The van der Waals surface area contributed by atoms with Crippen LogP contribution in [-0.4, -0.2) is 39.9 Å². The van der Waals surface area contributed by atoms with Crippen molar-refractivity contribution in [2.75, 3.05) is 13.7 Å². The highest BCUT2D eigenvalue weighted by Crippen LogP contribution is 2.15. The van der Waals surface area contributed by atoms with Crippen molar-refractivity contribution in [2.24, 2.45) is 0 Å². The Kier molecular flexibility index (Phi) is 5.77. The molecule has 102 valence electrons. The third-order valence-electron chi connectivity index (χ3n) is 2.93. The molecular weight excluding hydrogens is 232 g/mol. The van der Waals surface area contributed by atoms with Crippen molar-refractivity contribution in [3.63, 3.8) is 0 Å². The number of carbonyl (C=O) groups excluding carboxylic acids is 1. The SMILES string of the molecule is CCCNC(C)(CCCn1cncn1)C(=O)OC. The number of hydrogen-bond donors (Lipinski definition) is 1. The number of ether oxygens (including phenoxy) is 1. The van der Waals surface area contributed by atoms with Gasteiger partial charge in [0.1, 0.15) is 18.2 Å². The number of aryl methyl sites for hydroxylation is 1. The summed E-state index contributed by atoms with van der Waals surface area (Å²) in [6.07, 6.45) is 5.71. The smallest absolute Gasteiger partial charge is 0.325 e. The first kappa shape index (κ1) is 14.6. The number of carbonyl (C=O) groups is 1. The van der Waals surface area contributed by atoms with Crippen LogP contribution in [0.25, 0.3) is 0 Å². The van der Waals surface area contributed by atoms with Crippen LogP contribution in [0.4, 0.5) is 0 Å². The lowest BCUT2D eigenvalue weighted by atomic mass is 9.95. The first-order valence-electron chi connectivity index (χ1n) is 6.28. The van der Waals surface area contributed by atoms with E-state index >= 15 is 0 Å². The molecule has 1 aromatic heterocycles. The fourth-order valence-electron chi connectivity index (χ4n) is 1.83. The second-order valence-electron chi connectivity index (χ2n) is 4.51. The van der Waals surface area contributed by atoms with Gasteiger partial charge in [-0.1, -0.05) is 6.92 Å². The highest BCUT2D eigenvalue weighted by molar-refractivity contribution is 5.80. The fraction of sp³-hybridized carbons (Fsp3) is 0.750. The average molecular weight is 254 g/mol. The number of nitrogens with one attached hydrogen (secondary N) is 1. The molecule has 0 amide bonds. The second-order valence-corrected chi connectivity index (χ2v) is 4.51. The van der Waals surface area contributed by atoms with Gasteiger partial charge in [-0.3, -0.25) is 9.48 Å². The molecule has 0 fully saturated rings. The van der Waals surface area contributed by atoms with Gasteiger partial charge in [0.05, 0.1) is 7.11 Å². The second kappa shape index (κ2) is 7.10. The van der Waals surface area contributed by atoms with Crippen LogP contribution < -0.4 is 5.32 Å². The predicted octanol–water partition coefficient (Wildman–Crippen LogP) is 0.990. The number of esters is 1. The topological polar surface area (TPSA) is 69.0 Å². The molecule has 0 radical (unpaired) electrons. The van der Waals surface area contributed by atoms with E-state index in [0.717, 1.165) is 25.9 Å². The summed E-state index contributed by atoms with van der Waals surface area (Å²) >= 11 is 0. The standard InChI is InChI=1S/C12H22N4O2/c1-4-7-14-12(2,11(17)18-3)6-5-8-16-10-13-9-15-16/h9-10,14H,4-8H2,1-3H3. The quantitative estimate of drug-likeness (QED) is 0.701. The van der Waals surface area contributed by atoms with Crippen molar-refractivity contribution in [3.8, 4) is 0 Å². The maximum Gasteiger partial charge on any atom is 0.325 e. The van der Waals surface area contributed by atoms with E-state index in [4.69, 9.17) is 4.74 Å². The van der Waals surface area contributed by atoms with Gasteiger partial charge in [-0.05, 0) is 32.7 Å². The molecule has 0 aliphatic rings. The summed E-state index contributed by atoms with van der Waals surface area (Å²) in [5, 5.41) is 7.29. The lowest BCUT2D eigenvalue weighted by molar-refractivity contribution is -0.148. The van der Waals surface area contributed by atoms with Crippen LogP contribution in [0.3, 0.4) is 0 Å². The summed E-state index contributed by atoms with van der Waals surface area (Å²) in [5.74, 6) is -0.213. The van der Waals surface area contributed by atoms with Crippen LogP contribution in [0.2, 0.25) is 0 Å². The highest BCUT2D eigenvalue weighted by atomic mass is 16.5. The lowest BCUT2D eigenvalue weighted by Gasteiger charge is -2.27. The molecule has 0 aliphatic heterocycles. The Morgan fingerprint density at radius 3 is 2.89 bits per heavy atom. The number of aromatic nitrogens is 3. The van der Waals surface area contributed by atoms with Crippen molar-refractivity contribution in [1.29, 1.82) is 0 Å². The van der Waals surface area contributed by atoms with E-state index in [-0.39, 0.29) is 5.97 Å². The van der Waals surface area contributed by atoms with E-state index in [0.29, 0.717) is 6.42 Å². The van der Waals surface area contributed by atoms with Crippen LogP contribution >= 0.6 is 0 Å². The van der Waals surface area contributed by atoms with E-state index in [1.54, 1.807) is 11.0 Å². The Labute approximate surface area is 108 Å². The minimum absolute atomic E-state index is 0.213. The zero-order chi connectivity index (χ0) is 13.4. The Morgan fingerprint density at radius 1 is 1.56 bits per heavy atom. The molecule has 0 spiro atoms. The van der Waals surface area contributed by atoms with E-state index in [9.17, 15) is 4.79 Å². The molecule has 0 aliphatic carbocycles. The number of rotatable bonds is 8. The van der Waals surface area contributed by atoms with Gasteiger partial charge >= 0.3 is 5.97 Å². The number of methoxy groups -OCH3 is 1. The number of nitrogens with zero attached hydrogens (tertiary/aromatic N) is 3. The first-order valence-corrected chi connectivity index (χ1v) is 6.28. The molecule has 1 aromatic rings. The molecule has 0 aromatic carbocycles. The molecule has 0 bridgehead atoms. The summed E-state index contributed by atoms with van der Waals surface area (Å²) in [6.45, 7) is 5.51. The molecule has 0 saturated heterocycles. The van der Waals surface area contributed by atoms with Gasteiger partial charge in [-0.25, -0.2) is 4.98 Å². The van der Waals surface area contributed by atoms with Gasteiger partial charge in [-0.15, -0.1) is 0 Å². The molecule has 1 unspecified atom stereocenters. The van der Waals surface area contributed by atoms with Crippen molar-refractivity contribution < 1.29 is 9.53 Å². The van der Waals surface area contributed by atoms with Crippen LogP contribution in [0.5, 0.6) is 0 Å². The largest absolute Gasteiger partial charge is 0.468 e. The molecule has 6 heteroatoms. The minimum atomic E-state index is -0.620. The third-order valence-corrected chi connectivity index (χ3v) is 2.93. The van der Waals surface area contributed by atoms with Crippen LogP contribution in [0.15, 0.2) is 12.7 Å². The van der Waals surface area contributed by atoms with Crippen molar-refractivity contribution >= 4 is 5.97 Å². The van der Waals surface area contributed by atoms with Crippen molar-refractivity contribution in [2.45, 2.75) is 45.2 Å². The molecule has 6 nitrogen and oxygen atoms in total. The summed E-state index contributed by atoms with van der Waals surface area (Å²) < 4.78 is 6.63. The Bertz CT molecular complexity index is 353. The van der Waals surface area contributed by atoms with E-state index in [2.05, 4.69) is 22.3 Å². The third kappa shape index (κ3) is 4.10. The van der Waals surface area contributed by atoms with E-state index < -0.39 is 5.54 Å². The Balaban J connectivity index is 2.47. The first-order chi connectivity index (χ1) is 8.62. The Hall–Kier alpha value is -1.43. The zero-order valence-electron chi connectivity index (χ0n) is 11.3. The minimum Gasteiger partial charge on any atom is -0.468 e. The summed E-state index contributed by atoms with van der Waals surface area (Å²) in [7, 11) is 1.42. The highest BCUT2D eigenvalue weighted by Gasteiger charge is 2.32. The monoisotopic (exact) mass is 254 g/mol. The molecule has 1 atom stereocenters.